The molecule has 1 spiro atoms. The van der Waals surface area contributed by atoms with Gasteiger partial charge in [-0.15, -0.1) is 0 Å². The van der Waals surface area contributed by atoms with Gasteiger partial charge in [-0.25, -0.2) is 4.79 Å². The summed E-state index contributed by atoms with van der Waals surface area (Å²) >= 11 is 0. The monoisotopic (exact) mass is 183 g/mol. The van der Waals surface area contributed by atoms with Crippen molar-refractivity contribution in [1.29, 1.82) is 0 Å². The number of urea groups is 1. The Morgan fingerprint density at radius 3 is 2.62 bits per heavy atom. The molecule has 0 aliphatic carbocycles. The summed E-state index contributed by atoms with van der Waals surface area (Å²) in [6, 6.07) is 0.0100. The van der Waals surface area contributed by atoms with Gasteiger partial charge < -0.3 is 15.5 Å². The molecular weight excluding hydrogens is 166 g/mol. The largest absolute Gasteiger partial charge is 0.338 e. The average Bonchev–Trinajstić information content (AvgIpc) is 2.11. The third kappa shape index (κ3) is 1.77. The molecule has 0 aromatic rings. The fraction of sp³-hybridized carbons (Fsp3) is 0.889. The van der Waals surface area contributed by atoms with Crippen molar-refractivity contribution in [2.24, 2.45) is 0 Å². The minimum absolute atomic E-state index is 0.0100. The van der Waals surface area contributed by atoms with E-state index in [1.165, 1.54) is 0 Å². The first-order chi connectivity index (χ1) is 6.20. The summed E-state index contributed by atoms with van der Waals surface area (Å²) in [6.45, 7) is 3.02. The molecule has 2 aliphatic heterocycles. The Kier molecular flexibility index (Phi) is 2.15. The molecular formula is C9H17N3O. The van der Waals surface area contributed by atoms with Gasteiger partial charge >= 0.3 is 6.03 Å². The van der Waals surface area contributed by atoms with Gasteiger partial charge in [-0.2, -0.15) is 0 Å². The minimum atomic E-state index is 0.0100. The molecule has 2 saturated heterocycles. The second-order valence-electron chi connectivity index (χ2n) is 4.21. The van der Waals surface area contributed by atoms with Crippen LogP contribution >= 0.6 is 0 Å². The Labute approximate surface area is 78.7 Å². The predicted octanol–water partition coefficient (Wildman–Crippen LogP) is 0.154. The maximum Gasteiger partial charge on any atom is 0.315 e. The van der Waals surface area contributed by atoms with Gasteiger partial charge in [0.2, 0.25) is 0 Å². The molecule has 4 nitrogen and oxygen atoms in total. The molecule has 0 radical (unpaired) electrons. The van der Waals surface area contributed by atoms with Gasteiger partial charge in [0.25, 0.3) is 0 Å². The highest BCUT2D eigenvalue weighted by molar-refractivity contribution is 5.75. The number of rotatable bonds is 0. The van der Waals surface area contributed by atoms with E-state index in [1.807, 2.05) is 0 Å². The van der Waals surface area contributed by atoms with E-state index in [9.17, 15) is 4.79 Å². The van der Waals surface area contributed by atoms with Crippen molar-refractivity contribution in [3.05, 3.63) is 0 Å². The highest BCUT2D eigenvalue weighted by atomic mass is 16.2. The molecule has 2 heterocycles. The van der Waals surface area contributed by atoms with Crippen molar-refractivity contribution < 1.29 is 4.79 Å². The molecule has 74 valence electrons. The number of nitrogens with one attached hydrogen (secondary N) is 2. The summed E-state index contributed by atoms with van der Waals surface area (Å²) in [4.78, 5) is 13.5. The van der Waals surface area contributed by atoms with Gasteiger partial charge in [-0.3, -0.25) is 0 Å². The van der Waals surface area contributed by atoms with Crippen molar-refractivity contribution in [1.82, 2.24) is 15.5 Å². The van der Waals surface area contributed by atoms with E-state index in [2.05, 4.69) is 22.6 Å². The number of hydrogen-bond acceptors (Lipinski definition) is 2. The molecule has 0 saturated carbocycles. The zero-order valence-corrected chi connectivity index (χ0v) is 8.10. The van der Waals surface area contributed by atoms with Crippen LogP contribution in [-0.4, -0.2) is 43.2 Å². The van der Waals surface area contributed by atoms with Crippen LogP contribution in [0.5, 0.6) is 0 Å². The number of carbonyl (C=O) groups excluding carboxylic acids is 1. The SMILES string of the molecule is CN1CCC2(CCNC(=O)N2)CC1. The van der Waals surface area contributed by atoms with Gasteiger partial charge in [0.05, 0.1) is 0 Å². The zero-order chi connectivity index (χ0) is 9.31. The molecule has 0 atom stereocenters. The quantitative estimate of drug-likeness (QED) is 0.561. The van der Waals surface area contributed by atoms with Gasteiger partial charge in [0.15, 0.2) is 0 Å². The summed E-state index contributed by atoms with van der Waals surface area (Å²) in [5, 5.41) is 5.88. The molecule has 2 aliphatic rings. The highest BCUT2D eigenvalue weighted by Crippen LogP contribution is 2.26. The second kappa shape index (κ2) is 3.18. The topological polar surface area (TPSA) is 44.4 Å². The molecule has 2 amide bonds. The number of amides is 2. The molecule has 0 aromatic heterocycles. The first-order valence-electron chi connectivity index (χ1n) is 4.95. The summed E-state index contributed by atoms with van der Waals surface area (Å²) in [5.41, 5.74) is 0.106. The van der Waals surface area contributed by atoms with E-state index in [0.717, 1.165) is 38.9 Å². The molecule has 0 unspecified atom stereocenters. The van der Waals surface area contributed by atoms with Crippen LogP contribution in [0.1, 0.15) is 19.3 Å². The summed E-state index contributed by atoms with van der Waals surface area (Å²) in [6.07, 6.45) is 3.26. The number of likely N-dealkylation sites (tertiary alicyclic amines) is 1. The number of nitrogens with zero attached hydrogens (tertiary/aromatic N) is 1. The van der Waals surface area contributed by atoms with Gasteiger partial charge in [-0.1, -0.05) is 0 Å². The van der Waals surface area contributed by atoms with E-state index in [4.69, 9.17) is 0 Å². The van der Waals surface area contributed by atoms with Crippen molar-refractivity contribution in [2.75, 3.05) is 26.7 Å². The van der Waals surface area contributed by atoms with Crippen LogP contribution in [0.15, 0.2) is 0 Å². The van der Waals surface area contributed by atoms with Crippen molar-refractivity contribution in [3.8, 4) is 0 Å². The van der Waals surface area contributed by atoms with E-state index < -0.39 is 0 Å². The average molecular weight is 183 g/mol. The lowest BCUT2D eigenvalue weighted by molar-refractivity contribution is 0.137. The summed E-state index contributed by atoms with van der Waals surface area (Å²) < 4.78 is 0. The Bertz CT molecular complexity index is 209. The fourth-order valence-corrected chi connectivity index (χ4v) is 2.18. The molecule has 13 heavy (non-hydrogen) atoms. The predicted molar refractivity (Wildman–Crippen MR) is 50.6 cm³/mol. The second-order valence-corrected chi connectivity index (χ2v) is 4.21. The Morgan fingerprint density at radius 2 is 2.00 bits per heavy atom. The summed E-state index contributed by atoms with van der Waals surface area (Å²) in [7, 11) is 2.13. The minimum Gasteiger partial charge on any atom is -0.338 e. The first-order valence-corrected chi connectivity index (χ1v) is 4.95. The van der Waals surface area contributed by atoms with Crippen molar-refractivity contribution >= 4 is 6.03 Å². The van der Waals surface area contributed by atoms with E-state index >= 15 is 0 Å². The first kappa shape index (κ1) is 8.81. The summed E-state index contributed by atoms with van der Waals surface area (Å²) in [5.74, 6) is 0. The van der Waals surface area contributed by atoms with Crippen LogP contribution < -0.4 is 10.6 Å². The molecule has 2 rings (SSSR count). The Morgan fingerprint density at radius 1 is 1.31 bits per heavy atom. The van der Waals surface area contributed by atoms with Gasteiger partial charge in [0, 0.05) is 25.2 Å². The number of hydrogen-bond donors (Lipinski definition) is 2. The zero-order valence-electron chi connectivity index (χ0n) is 8.10. The van der Waals surface area contributed by atoms with Crippen LogP contribution in [-0.2, 0) is 0 Å². The maximum atomic E-state index is 11.2. The Hall–Kier alpha value is -0.770. The van der Waals surface area contributed by atoms with E-state index in [1.54, 1.807) is 0 Å². The fourth-order valence-electron chi connectivity index (χ4n) is 2.18. The lowest BCUT2D eigenvalue weighted by Gasteiger charge is -2.43. The molecule has 2 N–H and O–H groups in total. The maximum absolute atomic E-state index is 11.2. The van der Waals surface area contributed by atoms with E-state index in [-0.39, 0.29) is 11.6 Å². The number of carbonyl (C=O) groups is 1. The normalized spacial score (nSPS) is 28.2. The van der Waals surface area contributed by atoms with Crippen LogP contribution in [0.3, 0.4) is 0 Å². The molecule has 0 aromatic carbocycles. The van der Waals surface area contributed by atoms with Crippen LogP contribution in [0.2, 0.25) is 0 Å². The molecule has 4 heteroatoms. The number of piperidine rings is 1. The lowest BCUT2D eigenvalue weighted by Crippen LogP contribution is -2.61. The van der Waals surface area contributed by atoms with E-state index in [0.29, 0.717) is 0 Å². The van der Waals surface area contributed by atoms with Gasteiger partial charge in [0.1, 0.15) is 0 Å². The smallest absolute Gasteiger partial charge is 0.315 e. The molecule has 0 bridgehead atoms. The van der Waals surface area contributed by atoms with Crippen molar-refractivity contribution in [3.63, 3.8) is 0 Å². The standard InChI is InChI=1S/C9H17N3O/c1-12-6-3-9(4-7-12)2-5-10-8(13)11-9/h2-7H2,1H3,(H2,10,11,13). The third-order valence-electron chi connectivity index (χ3n) is 3.21. The molecule has 2 fully saturated rings. The third-order valence-corrected chi connectivity index (χ3v) is 3.21. The van der Waals surface area contributed by atoms with Crippen LogP contribution in [0.25, 0.3) is 0 Å². The highest BCUT2D eigenvalue weighted by Gasteiger charge is 2.36. The Balaban J connectivity index is 1.99. The van der Waals surface area contributed by atoms with Crippen LogP contribution in [0, 0.1) is 0 Å². The van der Waals surface area contributed by atoms with Crippen LogP contribution in [0.4, 0.5) is 4.79 Å². The van der Waals surface area contributed by atoms with Crippen molar-refractivity contribution in [2.45, 2.75) is 24.8 Å². The lowest BCUT2D eigenvalue weighted by atomic mass is 9.83. The van der Waals surface area contributed by atoms with Gasteiger partial charge in [-0.05, 0) is 26.3 Å².